The zero-order valence-electron chi connectivity index (χ0n) is 10.9. The standard InChI is InChI=1S/C13H17N5O/c1-13(10-8-11(19)17-16-10)4-2-7-18(9-13)12-14-5-3-6-15-12/h3,5-6,8H,2,4,7,9H2,1H3,(H2,16,17,19). The van der Waals surface area contributed by atoms with Crippen LogP contribution in [-0.2, 0) is 5.41 Å². The molecule has 1 fully saturated rings. The molecule has 2 N–H and O–H groups in total. The molecule has 6 heteroatoms. The molecule has 1 atom stereocenters. The first-order valence-electron chi connectivity index (χ1n) is 6.47. The highest BCUT2D eigenvalue weighted by Gasteiger charge is 2.35. The summed E-state index contributed by atoms with van der Waals surface area (Å²) in [7, 11) is 0. The number of H-pyrrole nitrogens is 2. The Labute approximate surface area is 110 Å². The van der Waals surface area contributed by atoms with Gasteiger partial charge in [-0.1, -0.05) is 6.92 Å². The summed E-state index contributed by atoms with van der Waals surface area (Å²) in [5.41, 5.74) is 0.804. The number of rotatable bonds is 2. The van der Waals surface area contributed by atoms with Crippen LogP contribution >= 0.6 is 0 Å². The molecule has 0 bridgehead atoms. The highest BCUT2D eigenvalue weighted by molar-refractivity contribution is 5.33. The maximum Gasteiger partial charge on any atom is 0.264 e. The lowest BCUT2D eigenvalue weighted by Crippen LogP contribution is -2.45. The first kappa shape index (κ1) is 12.0. The van der Waals surface area contributed by atoms with Crippen LogP contribution in [-0.4, -0.2) is 33.3 Å². The number of aromatic amines is 2. The Morgan fingerprint density at radius 3 is 2.79 bits per heavy atom. The van der Waals surface area contributed by atoms with Gasteiger partial charge in [0.1, 0.15) is 0 Å². The molecule has 2 aromatic heterocycles. The van der Waals surface area contributed by atoms with Crippen LogP contribution in [0.2, 0.25) is 0 Å². The number of aromatic nitrogens is 4. The monoisotopic (exact) mass is 259 g/mol. The zero-order valence-corrected chi connectivity index (χ0v) is 10.9. The number of nitrogens with one attached hydrogen (secondary N) is 2. The predicted octanol–water partition coefficient (Wildman–Crippen LogP) is 1.05. The Hall–Kier alpha value is -2.11. The Morgan fingerprint density at radius 2 is 2.11 bits per heavy atom. The molecule has 0 aliphatic carbocycles. The first-order valence-corrected chi connectivity index (χ1v) is 6.47. The van der Waals surface area contributed by atoms with Gasteiger partial charge < -0.3 is 10.00 Å². The molecular formula is C13H17N5O. The maximum absolute atomic E-state index is 11.3. The number of piperidine rings is 1. The Morgan fingerprint density at radius 1 is 1.32 bits per heavy atom. The van der Waals surface area contributed by atoms with E-state index >= 15 is 0 Å². The summed E-state index contributed by atoms with van der Waals surface area (Å²) in [6.45, 7) is 3.93. The lowest BCUT2D eigenvalue weighted by atomic mass is 9.79. The third kappa shape index (κ3) is 2.25. The lowest BCUT2D eigenvalue weighted by molar-refractivity contribution is 0.361. The van der Waals surface area contributed by atoms with Gasteiger partial charge in [-0.15, -0.1) is 0 Å². The zero-order chi connectivity index (χ0) is 13.3. The van der Waals surface area contributed by atoms with E-state index in [1.54, 1.807) is 18.5 Å². The van der Waals surface area contributed by atoms with Gasteiger partial charge >= 0.3 is 0 Å². The van der Waals surface area contributed by atoms with Crippen molar-refractivity contribution in [3.8, 4) is 0 Å². The van der Waals surface area contributed by atoms with E-state index < -0.39 is 0 Å². The van der Waals surface area contributed by atoms with Gasteiger partial charge in [-0.2, -0.15) is 0 Å². The highest BCUT2D eigenvalue weighted by atomic mass is 16.1. The molecule has 0 spiro atoms. The fourth-order valence-corrected chi connectivity index (χ4v) is 2.74. The molecule has 2 aromatic rings. The average Bonchev–Trinajstić information content (AvgIpc) is 2.87. The Bertz CT molecular complexity index is 605. The molecule has 0 radical (unpaired) electrons. The minimum Gasteiger partial charge on any atom is -0.340 e. The number of anilines is 1. The number of hydrogen-bond acceptors (Lipinski definition) is 4. The summed E-state index contributed by atoms with van der Waals surface area (Å²) in [6.07, 6.45) is 5.62. The fourth-order valence-electron chi connectivity index (χ4n) is 2.74. The summed E-state index contributed by atoms with van der Waals surface area (Å²) in [6, 6.07) is 3.46. The van der Waals surface area contributed by atoms with E-state index in [9.17, 15) is 4.79 Å². The maximum atomic E-state index is 11.3. The summed E-state index contributed by atoms with van der Waals surface area (Å²) < 4.78 is 0. The van der Waals surface area contributed by atoms with Crippen LogP contribution < -0.4 is 10.5 Å². The van der Waals surface area contributed by atoms with Crippen LogP contribution in [0.25, 0.3) is 0 Å². The van der Waals surface area contributed by atoms with Crippen molar-refractivity contribution in [2.45, 2.75) is 25.2 Å². The summed E-state index contributed by atoms with van der Waals surface area (Å²) >= 11 is 0. The van der Waals surface area contributed by atoms with E-state index in [1.165, 1.54) is 0 Å². The largest absolute Gasteiger partial charge is 0.340 e. The van der Waals surface area contributed by atoms with E-state index in [4.69, 9.17) is 0 Å². The van der Waals surface area contributed by atoms with Crippen LogP contribution in [0, 0.1) is 0 Å². The fraction of sp³-hybridized carbons (Fsp3) is 0.462. The first-order chi connectivity index (χ1) is 9.17. The molecule has 100 valence electrons. The second-order valence-electron chi connectivity index (χ2n) is 5.31. The lowest BCUT2D eigenvalue weighted by Gasteiger charge is -2.39. The van der Waals surface area contributed by atoms with E-state index in [0.717, 1.165) is 37.6 Å². The second kappa shape index (κ2) is 4.53. The molecule has 1 aliphatic rings. The van der Waals surface area contributed by atoms with Crippen LogP contribution in [0.3, 0.4) is 0 Å². The van der Waals surface area contributed by atoms with Crippen molar-refractivity contribution < 1.29 is 0 Å². The Kier molecular flexibility index (Phi) is 2.85. The topological polar surface area (TPSA) is 77.7 Å². The third-order valence-electron chi connectivity index (χ3n) is 3.78. The van der Waals surface area contributed by atoms with Gasteiger partial charge in [0.05, 0.1) is 0 Å². The molecule has 0 aromatic carbocycles. The van der Waals surface area contributed by atoms with Crippen molar-refractivity contribution in [3.63, 3.8) is 0 Å². The molecule has 3 rings (SSSR count). The Balaban J connectivity index is 1.87. The molecule has 1 saturated heterocycles. The molecule has 0 saturated carbocycles. The summed E-state index contributed by atoms with van der Waals surface area (Å²) in [5.74, 6) is 0.756. The van der Waals surface area contributed by atoms with E-state index in [2.05, 4.69) is 32.0 Å². The van der Waals surface area contributed by atoms with Gasteiger partial charge in [0.25, 0.3) is 5.56 Å². The van der Waals surface area contributed by atoms with E-state index in [0.29, 0.717) is 0 Å². The van der Waals surface area contributed by atoms with Crippen LogP contribution in [0.4, 0.5) is 5.95 Å². The summed E-state index contributed by atoms with van der Waals surface area (Å²) in [5, 5.41) is 5.60. The van der Waals surface area contributed by atoms with Crippen molar-refractivity contribution in [1.82, 2.24) is 20.2 Å². The van der Waals surface area contributed by atoms with Gasteiger partial charge in [-0.3, -0.25) is 9.89 Å². The normalized spacial score (nSPS) is 23.5. The molecule has 1 aliphatic heterocycles. The van der Waals surface area contributed by atoms with E-state index in [1.807, 2.05) is 6.07 Å². The quantitative estimate of drug-likeness (QED) is 0.845. The van der Waals surface area contributed by atoms with Gasteiger partial charge in [0.15, 0.2) is 0 Å². The predicted molar refractivity (Wildman–Crippen MR) is 72.2 cm³/mol. The van der Waals surface area contributed by atoms with Crippen LogP contribution in [0.5, 0.6) is 0 Å². The van der Waals surface area contributed by atoms with Gasteiger partial charge in [-0.25, -0.2) is 9.97 Å². The van der Waals surface area contributed by atoms with Gasteiger partial charge in [0, 0.05) is 42.7 Å². The summed E-state index contributed by atoms with van der Waals surface area (Å²) in [4.78, 5) is 22.1. The smallest absolute Gasteiger partial charge is 0.264 e. The average molecular weight is 259 g/mol. The van der Waals surface area contributed by atoms with Crippen molar-refractivity contribution >= 4 is 5.95 Å². The van der Waals surface area contributed by atoms with Crippen molar-refractivity contribution in [2.75, 3.05) is 18.0 Å². The number of nitrogens with zero attached hydrogens (tertiary/aromatic N) is 3. The van der Waals surface area contributed by atoms with E-state index in [-0.39, 0.29) is 11.0 Å². The van der Waals surface area contributed by atoms with Crippen molar-refractivity contribution in [3.05, 3.63) is 40.6 Å². The molecule has 1 unspecified atom stereocenters. The van der Waals surface area contributed by atoms with Gasteiger partial charge in [0.2, 0.25) is 5.95 Å². The molecule has 3 heterocycles. The minimum absolute atomic E-state index is 0.0728. The second-order valence-corrected chi connectivity index (χ2v) is 5.31. The van der Waals surface area contributed by atoms with Crippen molar-refractivity contribution in [1.29, 1.82) is 0 Å². The van der Waals surface area contributed by atoms with Gasteiger partial charge in [-0.05, 0) is 18.9 Å². The van der Waals surface area contributed by atoms with Crippen LogP contribution in [0.15, 0.2) is 29.3 Å². The molecule has 6 nitrogen and oxygen atoms in total. The molecule has 0 amide bonds. The van der Waals surface area contributed by atoms with Crippen molar-refractivity contribution in [2.24, 2.45) is 0 Å². The minimum atomic E-state index is -0.0793. The van der Waals surface area contributed by atoms with Crippen LogP contribution in [0.1, 0.15) is 25.5 Å². The third-order valence-corrected chi connectivity index (χ3v) is 3.78. The number of hydrogen-bond donors (Lipinski definition) is 2. The molecular weight excluding hydrogens is 242 g/mol. The molecule has 19 heavy (non-hydrogen) atoms. The SMILES string of the molecule is CC1(c2cc(=O)[nH][nH]2)CCCN(c2ncccn2)C1. The highest BCUT2D eigenvalue weighted by Crippen LogP contribution is 2.32.